The van der Waals surface area contributed by atoms with Crippen LogP contribution in [0.2, 0.25) is 0 Å². The summed E-state index contributed by atoms with van der Waals surface area (Å²) in [5, 5.41) is 9.60. The molecule has 1 aliphatic rings. The Kier molecular flexibility index (Phi) is 9.85. The van der Waals surface area contributed by atoms with Crippen molar-refractivity contribution in [3.8, 4) is 11.8 Å². The Hall–Kier alpha value is -2.06. The van der Waals surface area contributed by atoms with E-state index in [4.69, 9.17) is 0 Å². The predicted octanol–water partition coefficient (Wildman–Crippen LogP) is 4.06. The third-order valence-electron chi connectivity index (χ3n) is 5.24. The molecule has 0 saturated heterocycles. The number of aliphatic hydroxyl groups is 1. The molecule has 2 N–H and O–H groups in total. The maximum atomic E-state index is 12.0. The highest BCUT2D eigenvalue weighted by Gasteiger charge is 2.19. The highest BCUT2D eigenvalue weighted by molar-refractivity contribution is 5.30. The normalized spacial score (nSPS) is 18.2. The number of aromatic nitrogens is 2. The van der Waals surface area contributed by atoms with Gasteiger partial charge in [-0.2, -0.15) is 0 Å². The van der Waals surface area contributed by atoms with E-state index in [0.29, 0.717) is 12.0 Å². The van der Waals surface area contributed by atoms with Gasteiger partial charge in [0.25, 0.3) is 5.56 Å². The number of allylic oxidation sites excluding steroid dienone is 1. The van der Waals surface area contributed by atoms with Crippen LogP contribution in [-0.2, 0) is 0 Å². The SMILES string of the molecule is CCCCCCCCCCCCC#Cc1cn(C2C=CC(O)C2)c(=O)[nH]c1=O. The van der Waals surface area contributed by atoms with Gasteiger partial charge in [-0.1, -0.05) is 88.7 Å². The standard InChI is InChI=1S/C23H34N2O3/c1-2-3-4-5-6-7-8-9-10-11-12-13-14-19-18-25(23(28)24-22(19)27)20-15-16-21(26)17-20/h15-16,18,20-21,26H,2-12,17H2,1H3,(H,24,27,28). The Morgan fingerprint density at radius 2 is 1.68 bits per heavy atom. The fourth-order valence-electron chi connectivity index (χ4n) is 3.55. The first-order valence-electron chi connectivity index (χ1n) is 10.8. The molecule has 5 heteroatoms. The van der Waals surface area contributed by atoms with E-state index in [1.165, 1.54) is 68.6 Å². The number of unbranched alkanes of at least 4 members (excludes halogenated alkanes) is 10. The number of aromatic amines is 1. The number of H-pyrrole nitrogens is 1. The van der Waals surface area contributed by atoms with Gasteiger partial charge in [0.15, 0.2) is 0 Å². The second-order valence-electron chi connectivity index (χ2n) is 7.70. The Labute approximate surface area is 167 Å². The smallest absolute Gasteiger partial charge is 0.328 e. The lowest BCUT2D eigenvalue weighted by Crippen LogP contribution is -2.33. The Bertz CT molecular complexity index is 795. The first-order chi connectivity index (χ1) is 13.6. The fourth-order valence-corrected chi connectivity index (χ4v) is 3.55. The van der Waals surface area contributed by atoms with E-state index in [-0.39, 0.29) is 6.04 Å². The molecule has 0 saturated carbocycles. The van der Waals surface area contributed by atoms with E-state index in [9.17, 15) is 14.7 Å². The zero-order chi connectivity index (χ0) is 20.2. The van der Waals surface area contributed by atoms with Crippen LogP contribution >= 0.6 is 0 Å². The second kappa shape index (κ2) is 12.4. The van der Waals surface area contributed by atoms with Crippen LogP contribution in [0.4, 0.5) is 0 Å². The molecular formula is C23H34N2O3. The monoisotopic (exact) mass is 386 g/mol. The van der Waals surface area contributed by atoms with E-state index in [2.05, 4.69) is 23.7 Å². The second-order valence-corrected chi connectivity index (χ2v) is 7.70. The van der Waals surface area contributed by atoms with Gasteiger partial charge in [-0.3, -0.25) is 14.3 Å². The van der Waals surface area contributed by atoms with Crippen LogP contribution < -0.4 is 11.2 Å². The van der Waals surface area contributed by atoms with Gasteiger partial charge < -0.3 is 5.11 Å². The van der Waals surface area contributed by atoms with Gasteiger partial charge in [-0.05, 0) is 6.42 Å². The van der Waals surface area contributed by atoms with Crippen molar-refractivity contribution in [2.24, 2.45) is 0 Å². The molecule has 0 fully saturated rings. The third kappa shape index (κ3) is 7.52. The minimum absolute atomic E-state index is 0.234. The van der Waals surface area contributed by atoms with Crippen molar-refractivity contribution in [2.75, 3.05) is 0 Å². The number of rotatable bonds is 11. The van der Waals surface area contributed by atoms with Gasteiger partial charge in [0.1, 0.15) is 5.56 Å². The minimum atomic E-state index is -0.547. The molecule has 1 aromatic rings. The zero-order valence-corrected chi connectivity index (χ0v) is 17.1. The molecule has 0 amide bonds. The molecular weight excluding hydrogens is 352 g/mol. The molecule has 0 aromatic carbocycles. The quantitative estimate of drug-likeness (QED) is 0.342. The van der Waals surface area contributed by atoms with E-state index in [1.807, 2.05) is 0 Å². The minimum Gasteiger partial charge on any atom is -0.389 e. The van der Waals surface area contributed by atoms with Crippen molar-refractivity contribution in [3.05, 3.63) is 44.8 Å². The number of nitrogens with one attached hydrogen (secondary N) is 1. The Morgan fingerprint density at radius 3 is 2.29 bits per heavy atom. The molecule has 154 valence electrons. The summed E-state index contributed by atoms with van der Waals surface area (Å²) < 4.78 is 1.44. The molecule has 0 spiro atoms. The molecule has 1 heterocycles. The van der Waals surface area contributed by atoms with Gasteiger partial charge >= 0.3 is 5.69 Å². The van der Waals surface area contributed by atoms with Gasteiger partial charge in [0, 0.05) is 19.0 Å². The lowest BCUT2D eigenvalue weighted by atomic mass is 10.1. The number of hydrogen-bond acceptors (Lipinski definition) is 3. The summed E-state index contributed by atoms with van der Waals surface area (Å²) in [5.74, 6) is 5.97. The summed E-state index contributed by atoms with van der Waals surface area (Å²) in [7, 11) is 0. The van der Waals surface area contributed by atoms with Crippen molar-refractivity contribution in [3.63, 3.8) is 0 Å². The van der Waals surface area contributed by atoms with Gasteiger partial charge in [-0.15, -0.1) is 0 Å². The van der Waals surface area contributed by atoms with Crippen molar-refractivity contribution in [1.82, 2.24) is 9.55 Å². The van der Waals surface area contributed by atoms with Crippen LogP contribution in [0.15, 0.2) is 27.9 Å². The third-order valence-corrected chi connectivity index (χ3v) is 5.24. The topological polar surface area (TPSA) is 75.1 Å². The molecule has 28 heavy (non-hydrogen) atoms. The molecule has 2 atom stereocenters. The summed E-state index contributed by atoms with van der Waals surface area (Å²) in [6.45, 7) is 2.24. The van der Waals surface area contributed by atoms with Crippen LogP contribution in [0.5, 0.6) is 0 Å². The number of hydrogen-bond donors (Lipinski definition) is 2. The van der Waals surface area contributed by atoms with Crippen LogP contribution in [0, 0.1) is 11.8 Å². The van der Waals surface area contributed by atoms with Crippen LogP contribution in [0.1, 0.15) is 95.6 Å². The highest BCUT2D eigenvalue weighted by Crippen LogP contribution is 2.21. The average molecular weight is 387 g/mol. The first-order valence-corrected chi connectivity index (χ1v) is 10.8. The lowest BCUT2D eigenvalue weighted by molar-refractivity contribution is 0.209. The highest BCUT2D eigenvalue weighted by atomic mass is 16.3. The predicted molar refractivity (Wildman–Crippen MR) is 113 cm³/mol. The molecule has 1 aromatic heterocycles. The van der Waals surface area contributed by atoms with E-state index in [0.717, 1.165) is 12.8 Å². The Balaban J connectivity index is 1.71. The zero-order valence-electron chi connectivity index (χ0n) is 17.1. The molecule has 1 aliphatic carbocycles. The molecule has 0 bridgehead atoms. The lowest BCUT2D eigenvalue weighted by Gasteiger charge is -2.12. The molecule has 0 radical (unpaired) electrons. The van der Waals surface area contributed by atoms with Crippen molar-refractivity contribution in [2.45, 2.75) is 96.1 Å². The Morgan fingerprint density at radius 1 is 1.04 bits per heavy atom. The molecule has 5 nitrogen and oxygen atoms in total. The van der Waals surface area contributed by atoms with Gasteiger partial charge in [0.05, 0.1) is 12.1 Å². The fraction of sp³-hybridized carbons (Fsp3) is 0.652. The van der Waals surface area contributed by atoms with E-state index < -0.39 is 17.4 Å². The van der Waals surface area contributed by atoms with Gasteiger partial charge in [0.2, 0.25) is 0 Å². The largest absolute Gasteiger partial charge is 0.389 e. The van der Waals surface area contributed by atoms with Crippen LogP contribution in [0.25, 0.3) is 0 Å². The van der Waals surface area contributed by atoms with Crippen molar-refractivity contribution < 1.29 is 5.11 Å². The molecule has 2 rings (SSSR count). The number of aliphatic hydroxyl groups excluding tert-OH is 1. The summed E-state index contributed by atoms with van der Waals surface area (Å²) >= 11 is 0. The van der Waals surface area contributed by atoms with Crippen molar-refractivity contribution >= 4 is 0 Å². The van der Waals surface area contributed by atoms with Crippen LogP contribution in [-0.4, -0.2) is 20.8 Å². The maximum absolute atomic E-state index is 12.0. The summed E-state index contributed by atoms with van der Waals surface area (Å²) in [4.78, 5) is 26.3. The van der Waals surface area contributed by atoms with Gasteiger partial charge in [-0.25, -0.2) is 4.79 Å². The maximum Gasteiger partial charge on any atom is 0.328 e. The van der Waals surface area contributed by atoms with Crippen LogP contribution in [0.3, 0.4) is 0 Å². The summed E-state index contributed by atoms with van der Waals surface area (Å²) in [5.41, 5.74) is -0.602. The van der Waals surface area contributed by atoms with Crippen molar-refractivity contribution in [1.29, 1.82) is 0 Å². The molecule has 0 aliphatic heterocycles. The average Bonchev–Trinajstić information content (AvgIpc) is 3.10. The van der Waals surface area contributed by atoms with E-state index in [1.54, 1.807) is 12.2 Å². The molecule has 2 unspecified atom stereocenters. The van der Waals surface area contributed by atoms with E-state index >= 15 is 0 Å². The first kappa shape index (κ1) is 22.2. The summed E-state index contributed by atoms with van der Waals surface area (Å²) in [6.07, 6.45) is 18.5. The number of nitrogens with zero attached hydrogens (tertiary/aromatic N) is 1. The summed E-state index contributed by atoms with van der Waals surface area (Å²) in [6, 6.07) is -0.234.